The van der Waals surface area contributed by atoms with E-state index in [1.165, 1.54) is 11.3 Å². The molecule has 21 heavy (non-hydrogen) atoms. The van der Waals surface area contributed by atoms with Crippen molar-refractivity contribution in [1.82, 2.24) is 9.78 Å². The van der Waals surface area contributed by atoms with Gasteiger partial charge in [-0.25, -0.2) is 0 Å². The zero-order valence-corrected chi connectivity index (χ0v) is 12.5. The number of aromatic nitrogens is 2. The van der Waals surface area contributed by atoms with E-state index in [1.807, 2.05) is 6.92 Å². The number of fused-ring (bicyclic) bond motifs is 1. The minimum Gasteiger partial charge on any atom is -0.365 e. The molecule has 1 aliphatic carbocycles. The quantitative estimate of drug-likeness (QED) is 0.902. The molecule has 0 fully saturated rings. The van der Waals surface area contributed by atoms with Crippen molar-refractivity contribution in [1.29, 1.82) is 0 Å². The van der Waals surface area contributed by atoms with E-state index in [1.54, 1.807) is 16.9 Å². The van der Waals surface area contributed by atoms with Crippen LogP contribution in [0.2, 0.25) is 0 Å². The number of nitrogens with zero attached hydrogens (tertiary/aromatic N) is 2. The van der Waals surface area contributed by atoms with Gasteiger partial charge in [0, 0.05) is 17.6 Å². The number of carbonyl (C=O) groups is 2. The molecule has 0 atom stereocenters. The number of thiophene rings is 1. The number of aryl methyl sites for hydroxylation is 2. The van der Waals surface area contributed by atoms with Gasteiger partial charge in [0.1, 0.15) is 5.00 Å². The van der Waals surface area contributed by atoms with Gasteiger partial charge >= 0.3 is 0 Å². The molecule has 2 aromatic heterocycles. The standard InChI is InChI=1S/C14H16N4O2S/c1-2-18-7-6-9(17-18)13(20)16-14-11(12(15)19)8-4-3-5-10(8)21-14/h6-7H,2-5H2,1H3,(H2,15,19)(H,16,20). The lowest BCUT2D eigenvalue weighted by molar-refractivity contribution is 0.100. The van der Waals surface area contributed by atoms with Crippen LogP contribution >= 0.6 is 11.3 Å². The van der Waals surface area contributed by atoms with Crippen LogP contribution in [0, 0.1) is 0 Å². The monoisotopic (exact) mass is 304 g/mol. The fourth-order valence-corrected chi connectivity index (χ4v) is 3.87. The van der Waals surface area contributed by atoms with Gasteiger partial charge in [-0.15, -0.1) is 11.3 Å². The summed E-state index contributed by atoms with van der Waals surface area (Å²) in [6, 6.07) is 1.66. The lowest BCUT2D eigenvalue weighted by atomic mass is 10.1. The van der Waals surface area contributed by atoms with Gasteiger partial charge in [-0.2, -0.15) is 5.10 Å². The second-order valence-electron chi connectivity index (χ2n) is 4.94. The summed E-state index contributed by atoms with van der Waals surface area (Å²) in [6.45, 7) is 2.65. The Hall–Kier alpha value is -2.15. The summed E-state index contributed by atoms with van der Waals surface area (Å²) in [5.41, 5.74) is 7.27. The summed E-state index contributed by atoms with van der Waals surface area (Å²) in [5.74, 6) is -0.798. The fourth-order valence-electron chi connectivity index (χ4n) is 2.58. The molecule has 1 aliphatic rings. The molecule has 0 saturated carbocycles. The van der Waals surface area contributed by atoms with Crippen LogP contribution in [-0.4, -0.2) is 21.6 Å². The van der Waals surface area contributed by atoms with Crippen molar-refractivity contribution >= 4 is 28.2 Å². The second kappa shape index (κ2) is 5.33. The summed E-state index contributed by atoms with van der Waals surface area (Å²) in [7, 11) is 0. The maximum Gasteiger partial charge on any atom is 0.276 e. The number of carbonyl (C=O) groups excluding carboxylic acids is 2. The van der Waals surface area contributed by atoms with E-state index in [4.69, 9.17) is 5.73 Å². The zero-order chi connectivity index (χ0) is 15.0. The third kappa shape index (κ3) is 2.44. The van der Waals surface area contributed by atoms with E-state index >= 15 is 0 Å². The summed E-state index contributed by atoms with van der Waals surface area (Å²) in [4.78, 5) is 25.0. The number of hydrogen-bond donors (Lipinski definition) is 2. The summed E-state index contributed by atoms with van der Waals surface area (Å²) in [6.07, 6.45) is 4.58. The summed E-state index contributed by atoms with van der Waals surface area (Å²) < 4.78 is 1.68. The van der Waals surface area contributed by atoms with Crippen LogP contribution in [0.1, 0.15) is 44.6 Å². The number of hydrogen-bond acceptors (Lipinski definition) is 4. The highest BCUT2D eigenvalue weighted by atomic mass is 32.1. The van der Waals surface area contributed by atoms with E-state index in [0.717, 1.165) is 29.7 Å². The van der Waals surface area contributed by atoms with Crippen LogP contribution in [0.5, 0.6) is 0 Å². The molecule has 0 aliphatic heterocycles. The molecule has 2 heterocycles. The Morgan fingerprint density at radius 2 is 2.29 bits per heavy atom. The fraction of sp³-hybridized carbons (Fsp3) is 0.357. The lowest BCUT2D eigenvalue weighted by Gasteiger charge is -2.04. The molecule has 2 aromatic rings. The third-order valence-electron chi connectivity index (χ3n) is 3.59. The minimum atomic E-state index is -0.483. The van der Waals surface area contributed by atoms with Crippen molar-refractivity contribution in [2.24, 2.45) is 5.73 Å². The van der Waals surface area contributed by atoms with Gasteiger partial charge in [-0.1, -0.05) is 0 Å². The highest BCUT2D eigenvalue weighted by Crippen LogP contribution is 2.38. The zero-order valence-electron chi connectivity index (χ0n) is 11.7. The molecular weight excluding hydrogens is 288 g/mol. The van der Waals surface area contributed by atoms with Crippen molar-refractivity contribution in [2.45, 2.75) is 32.7 Å². The Kier molecular flexibility index (Phi) is 3.50. The first kappa shape index (κ1) is 13.8. The number of nitrogens with two attached hydrogens (primary N) is 1. The smallest absolute Gasteiger partial charge is 0.276 e. The van der Waals surface area contributed by atoms with Crippen molar-refractivity contribution < 1.29 is 9.59 Å². The highest BCUT2D eigenvalue weighted by Gasteiger charge is 2.26. The van der Waals surface area contributed by atoms with Crippen LogP contribution in [-0.2, 0) is 19.4 Å². The summed E-state index contributed by atoms with van der Waals surface area (Å²) >= 11 is 1.45. The van der Waals surface area contributed by atoms with E-state index < -0.39 is 5.91 Å². The lowest BCUT2D eigenvalue weighted by Crippen LogP contribution is -2.18. The van der Waals surface area contributed by atoms with Gasteiger partial charge < -0.3 is 11.1 Å². The predicted molar refractivity (Wildman–Crippen MR) is 80.7 cm³/mol. The largest absolute Gasteiger partial charge is 0.365 e. The Bertz CT molecular complexity index is 717. The van der Waals surface area contributed by atoms with E-state index in [0.29, 0.717) is 22.8 Å². The Balaban J connectivity index is 1.88. The molecule has 0 spiro atoms. The molecule has 0 saturated heterocycles. The van der Waals surface area contributed by atoms with Gasteiger partial charge in [0.05, 0.1) is 5.56 Å². The first-order chi connectivity index (χ1) is 10.1. The maximum absolute atomic E-state index is 12.2. The predicted octanol–water partition coefficient (Wildman–Crippen LogP) is 1.80. The van der Waals surface area contributed by atoms with Crippen LogP contribution in [0.25, 0.3) is 0 Å². The van der Waals surface area contributed by atoms with E-state index in [2.05, 4.69) is 10.4 Å². The molecule has 3 rings (SSSR count). The third-order valence-corrected chi connectivity index (χ3v) is 4.80. The highest BCUT2D eigenvalue weighted by molar-refractivity contribution is 7.17. The van der Waals surface area contributed by atoms with Gasteiger partial charge in [-0.05, 0) is 37.8 Å². The maximum atomic E-state index is 12.2. The van der Waals surface area contributed by atoms with Crippen LogP contribution < -0.4 is 11.1 Å². The van der Waals surface area contributed by atoms with E-state index in [9.17, 15) is 9.59 Å². The summed E-state index contributed by atoms with van der Waals surface area (Å²) in [5, 5.41) is 7.48. The molecule has 110 valence electrons. The number of rotatable bonds is 4. The van der Waals surface area contributed by atoms with Crippen LogP contribution in [0.15, 0.2) is 12.3 Å². The normalized spacial score (nSPS) is 13.2. The minimum absolute atomic E-state index is 0.315. The van der Waals surface area contributed by atoms with Gasteiger partial charge in [0.2, 0.25) is 0 Å². The van der Waals surface area contributed by atoms with Crippen molar-refractivity contribution in [3.63, 3.8) is 0 Å². The average molecular weight is 304 g/mol. The van der Waals surface area contributed by atoms with Crippen molar-refractivity contribution in [3.8, 4) is 0 Å². The number of primary amides is 1. The van der Waals surface area contributed by atoms with E-state index in [-0.39, 0.29) is 5.91 Å². The number of anilines is 1. The van der Waals surface area contributed by atoms with Gasteiger partial charge in [0.25, 0.3) is 11.8 Å². The molecule has 3 N–H and O–H groups in total. The SMILES string of the molecule is CCn1ccc(C(=O)Nc2sc3c(c2C(N)=O)CCC3)n1. The van der Waals surface area contributed by atoms with Crippen LogP contribution in [0.4, 0.5) is 5.00 Å². The Morgan fingerprint density at radius 3 is 2.95 bits per heavy atom. The van der Waals surface area contributed by atoms with Gasteiger partial charge in [-0.3, -0.25) is 14.3 Å². The van der Waals surface area contributed by atoms with Gasteiger partial charge in [0.15, 0.2) is 5.69 Å². The number of nitrogens with one attached hydrogen (secondary N) is 1. The second-order valence-corrected chi connectivity index (χ2v) is 6.04. The molecule has 0 unspecified atom stereocenters. The van der Waals surface area contributed by atoms with Crippen LogP contribution in [0.3, 0.4) is 0 Å². The molecule has 7 heteroatoms. The van der Waals surface area contributed by atoms with Crippen molar-refractivity contribution in [3.05, 3.63) is 34.0 Å². The molecule has 0 bridgehead atoms. The van der Waals surface area contributed by atoms with Crippen molar-refractivity contribution in [2.75, 3.05) is 5.32 Å². The average Bonchev–Trinajstić information content (AvgIpc) is 3.12. The number of amides is 2. The Morgan fingerprint density at radius 1 is 1.48 bits per heavy atom. The Labute approximate surface area is 125 Å². The molecule has 2 amide bonds. The molecule has 0 aromatic carbocycles. The molecular formula is C14H16N4O2S. The first-order valence-electron chi connectivity index (χ1n) is 6.89. The topological polar surface area (TPSA) is 90.0 Å². The molecule has 0 radical (unpaired) electrons. The first-order valence-corrected chi connectivity index (χ1v) is 7.71. The molecule has 6 nitrogen and oxygen atoms in total.